The Kier molecular flexibility index (Phi) is 12.4. The van der Waals surface area contributed by atoms with E-state index in [1.54, 1.807) is 0 Å². The normalized spacial score (nSPS) is 21.1. The number of nitrogens with zero attached hydrogens (tertiary/aromatic N) is 2. The molecule has 248 valence electrons. The number of H-pyrrole nitrogens is 1. The lowest BCUT2D eigenvalue weighted by Crippen LogP contribution is -2.60. The van der Waals surface area contributed by atoms with Crippen molar-refractivity contribution in [3.05, 3.63) is 18.2 Å². The number of carbonyl (C=O) groups excluding carboxylic acids is 5. The van der Waals surface area contributed by atoms with Gasteiger partial charge in [0.25, 0.3) is 0 Å². The summed E-state index contributed by atoms with van der Waals surface area (Å²) in [5.74, 6) is -6.68. The quantitative estimate of drug-likeness (QED) is 0.0911. The predicted octanol–water partition coefficient (Wildman–Crippen LogP) is -3.41. The van der Waals surface area contributed by atoms with E-state index in [0.717, 1.165) is 19.9 Å². The van der Waals surface area contributed by atoms with E-state index in [4.69, 9.17) is 5.11 Å². The van der Waals surface area contributed by atoms with Crippen molar-refractivity contribution in [1.29, 1.82) is 0 Å². The SMILES string of the molecule is C[C@H](NC(=O)[C@H](Cc1cnc[nH]1)NC(=O)[C@@H]1CCCN1C(=O)[C@@H]1CCCN1)C(=O)N[C@H](C(=O)N[C@@H](CC(=O)O)C(=O)O)[C@@H](C)O. The molecule has 45 heavy (non-hydrogen) atoms. The van der Waals surface area contributed by atoms with Crippen molar-refractivity contribution >= 4 is 41.5 Å². The van der Waals surface area contributed by atoms with Crippen LogP contribution in [0.3, 0.4) is 0 Å². The minimum Gasteiger partial charge on any atom is -0.481 e. The van der Waals surface area contributed by atoms with Crippen LogP contribution in [0.2, 0.25) is 0 Å². The van der Waals surface area contributed by atoms with Gasteiger partial charge in [-0.1, -0.05) is 0 Å². The van der Waals surface area contributed by atoms with Gasteiger partial charge in [-0.3, -0.25) is 28.8 Å². The maximum atomic E-state index is 13.4. The number of hydrogen-bond acceptors (Lipinski definition) is 10. The highest BCUT2D eigenvalue weighted by molar-refractivity contribution is 5.96. The molecule has 0 bridgehead atoms. The number of carbonyl (C=O) groups is 7. The molecule has 0 unspecified atom stereocenters. The molecule has 0 spiro atoms. The molecule has 2 fully saturated rings. The number of amides is 5. The maximum Gasteiger partial charge on any atom is 0.326 e. The van der Waals surface area contributed by atoms with Gasteiger partial charge in [-0.25, -0.2) is 9.78 Å². The Balaban J connectivity index is 1.66. The summed E-state index contributed by atoms with van der Waals surface area (Å²) in [6.45, 7) is 3.56. The number of rotatable bonds is 15. The average Bonchev–Trinajstić information content (AvgIpc) is 3.77. The van der Waals surface area contributed by atoms with Gasteiger partial charge in [-0.05, 0) is 46.1 Å². The van der Waals surface area contributed by atoms with Gasteiger partial charge < -0.3 is 51.8 Å². The van der Waals surface area contributed by atoms with Crippen LogP contribution in [0.4, 0.5) is 0 Å². The largest absolute Gasteiger partial charge is 0.481 e. The molecule has 0 aromatic carbocycles. The lowest BCUT2D eigenvalue weighted by Gasteiger charge is -2.29. The van der Waals surface area contributed by atoms with Gasteiger partial charge in [0.1, 0.15) is 30.2 Å². The van der Waals surface area contributed by atoms with Gasteiger partial charge in [0.2, 0.25) is 29.5 Å². The van der Waals surface area contributed by atoms with Crippen molar-refractivity contribution in [2.24, 2.45) is 0 Å². The lowest BCUT2D eigenvalue weighted by molar-refractivity contribution is -0.148. The highest BCUT2D eigenvalue weighted by atomic mass is 16.4. The fourth-order valence-corrected chi connectivity index (χ4v) is 5.19. The second-order valence-corrected chi connectivity index (χ2v) is 11.1. The molecule has 2 aliphatic heterocycles. The van der Waals surface area contributed by atoms with Crippen molar-refractivity contribution < 1.29 is 48.9 Å². The molecule has 7 atom stereocenters. The molecule has 18 nitrogen and oxygen atoms in total. The number of aromatic amines is 1. The van der Waals surface area contributed by atoms with E-state index < -0.39 is 78.3 Å². The van der Waals surface area contributed by atoms with Crippen LogP contribution in [0.5, 0.6) is 0 Å². The number of likely N-dealkylation sites (tertiary alicyclic amines) is 1. The number of nitrogens with one attached hydrogen (secondary N) is 6. The standard InChI is InChI=1S/C27H40N8O10/c1-13(22(39)34-21(14(2)36)25(42)33-18(27(44)45)10-20(37)38)31-23(40)17(9-15-11-28-12-30-15)32-24(41)19-6-4-8-35(19)26(43)16-5-3-7-29-16/h11-14,16-19,21,29,36H,3-10H2,1-2H3,(H,28,30)(H,31,40)(H,32,41)(H,33,42)(H,34,39)(H,37,38)(H,44,45)/t13-,14+,16-,17-,18-,19-,21-/m0/s1. The van der Waals surface area contributed by atoms with Crippen LogP contribution in [0.25, 0.3) is 0 Å². The summed E-state index contributed by atoms with van der Waals surface area (Å²) in [7, 11) is 0. The first-order valence-electron chi connectivity index (χ1n) is 14.6. The number of imidazole rings is 1. The molecule has 18 heteroatoms. The van der Waals surface area contributed by atoms with E-state index in [2.05, 4.69) is 31.2 Å². The van der Waals surface area contributed by atoms with Crippen LogP contribution >= 0.6 is 0 Å². The summed E-state index contributed by atoms with van der Waals surface area (Å²) < 4.78 is 0. The molecule has 2 saturated heterocycles. The van der Waals surface area contributed by atoms with Crippen LogP contribution in [-0.4, -0.2) is 127 Å². The third-order valence-electron chi connectivity index (χ3n) is 7.62. The Bertz CT molecular complexity index is 1250. The van der Waals surface area contributed by atoms with Gasteiger partial charge in [0.05, 0.1) is 24.9 Å². The highest BCUT2D eigenvalue weighted by Crippen LogP contribution is 2.21. The fourth-order valence-electron chi connectivity index (χ4n) is 5.19. The number of carboxylic acid groups (broad SMARTS) is 2. The van der Waals surface area contributed by atoms with Gasteiger partial charge in [0.15, 0.2) is 0 Å². The minimum atomic E-state index is -1.82. The van der Waals surface area contributed by atoms with Gasteiger partial charge in [-0.2, -0.15) is 0 Å². The number of aromatic nitrogens is 2. The summed E-state index contributed by atoms with van der Waals surface area (Å²) in [6, 6.07) is -7.15. The Morgan fingerprint density at radius 1 is 0.956 bits per heavy atom. The molecule has 5 amide bonds. The third kappa shape index (κ3) is 9.70. The molecule has 1 aromatic rings. The summed E-state index contributed by atoms with van der Waals surface area (Å²) in [4.78, 5) is 95.9. The Labute approximate surface area is 258 Å². The first-order valence-corrected chi connectivity index (χ1v) is 14.6. The number of aliphatic hydroxyl groups excluding tert-OH is 1. The zero-order valence-electron chi connectivity index (χ0n) is 24.9. The summed E-state index contributed by atoms with van der Waals surface area (Å²) in [5.41, 5.74) is 0.502. The maximum absolute atomic E-state index is 13.4. The summed E-state index contributed by atoms with van der Waals surface area (Å²) in [5, 5.41) is 40.6. The molecule has 2 aliphatic rings. The van der Waals surface area contributed by atoms with E-state index in [1.165, 1.54) is 24.3 Å². The van der Waals surface area contributed by atoms with Crippen molar-refractivity contribution in [3.63, 3.8) is 0 Å². The van der Waals surface area contributed by atoms with Crippen LogP contribution in [-0.2, 0) is 40.0 Å². The van der Waals surface area contributed by atoms with Crippen molar-refractivity contribution in [1.82, 2.24) is 41.5 Å². The lowest BCUT2D eigenvalue weighted by atomic mass is 10.1. The monoisotopic (exact) mass is 636 g/mol. The van der Waals surface area contributed by atoms with E-state index in [9.17, 15) is 43.8 Å². The molecular formula is C27H40N8O10. The molecule has 3 rings (SSSR count). The Morgan fingerprint density at radius 2 is 1.69 bits per heavy atom. The average molecular weight is 637 g/mol. The first kappa shape index (κ1) is 34.9. The second kappa shape index (κ2) is 15.9. The predicted molar refractivity (Wildman–Crippen MR) is 153 cm³/mol. The second-order valence-electron chi connectivity index (χ2n) is 11.1. The van der Waals surface area contributed by atoms with Crippen molar-refractivity contribution in [3.8, 4) is 0 Å². The third-order valence-corrected chi connectivity index (χ3v) is 7.62. The number of carboxylic acids is 2. The van der Waals surface area contributed by atoms with Gasteiger partial charge in [-0.15, -0.1) is 0 Å². The Morgan fingerprint density at radius 3 is 2.27 bits per heavy atom. The van der Waals surface area contributed by atoms with Gasteiger partial charge >= 0.3 is 11.9 Å². The molecular weight excluding hydrogens is 596 g/mol. The van der Waals surface area contributed by atoms with Gasteiger partial charge in [0, 0.05) is 24.9 Å². The smallest absolute Gasteiger partial charge is 0.326 e. The molecule has 3 heterocycles. The van der Waals surface area contributed by atoms with Crippen LogP contribution in [0, 0.1) is 0 Å². The molecule has 0 aliphatic carbocycles. The van der Waals surface area contributed by atoms with E-state index in [-0.39, 0.29) is 18.4 Å². The zero-order valence-corrected chi connectivity index (χ0v) is 24.9. The molecule has 0 radical (unpaired) electrons. The zero-order chi connectivity index (χ0) is 33.3. The van der Waals surface area contributed by atoms with Crippen LogP contribution in [0.15, 0.2) is 12.5 Å². The van der Waals surface area contributed by atoms with E-state index in [1.807, 2.05) is 5.32 Å². The van der Waals surface area contributed by atoms with Crippen molar-refractivity contribution in [2.45, 2.75) is 94.7 Å². The Hall–Kier alpha value is -4.58. The topological polar surface area (TPSA) is 272 Å². The van der Waals surface area contributed by atoms with Crippen LogP contribution in [0.1, 0.15) is 51.6 Å². The molecule has 0 saturated carbocycles. The van der Waals surface area contributed by atoms with E-state index in [0.29, 0.717) is 31.5 Å². The van der Waals surface area contributed by atoms with Crippen molar-refractivity contribution in [2.75, 3.05) is 13.1 Å². The molecule has 9 N–H and O–H groups in total. The summed E-state index contributed by atoms with van der Waals surface area (Å²) in [6.07, 6.45) is 2.91. The van der Waals surface area contributed by atoms with Crippen LogP contribution < -0.4 is 26.6 Å². The molecule has 1 aromatic heterocycles. The number of aliphatic carboxylic acids is 2. The minimum absolute atomic E-state index is 0.0321. The summed E-state index contributed by atoms with van der Waals surface area (Å²) >= 11 is 0. The number of aliphatic hydroxyl groups is 1. The highest BCUT2D eigenvalue weighted by Gasteiger charge is 2.39. The fraction of sp³-hybridized carbons (Fsp3) is 0.630. The van der Waals surface area contributed by atoms with E-state index >= 15 is 0 Å². The first-order chi connectivity index (χ1) is 21.3. The number of hydrogen-bond donors (Lipinski definition) is 9.